The summed E-state index contributed by atoms with van der Waals surface area (Å²) >= 11 is 0. The van der Waals surface area contributed by atoms with Crippen molar-refractivity contribution >= 4 is 16.9 Å². The Morgan fingerprint density at radius 3 is 2.96 bits per heavy atom. The molecule has 7 nitrogen and oxygen atoms in total. The Hall–Kier alpha value is -2.96. The maximum Gasteiger partial charge on any atom is 0.305 e. The number of nitrogens with zero attached hydrogens (tertiary/aromatic N) is 3. The number of H-pyrrole nitrogens is 1. The first kappa shape index (κ1) is 15.9. The quantitative estimate of drug-likeness (QED) is 0.667. The minimum atomic E-state index is -0.259. The van der Waals surface area contributed by atoms with E-state index in [0.29, 0.717) is 42.7 Å². The first-order chi connectivity index (χ1) is 11.7. The molecule has 2 heterocycles. The van der Waals surface area contributed by atoms with Crippen LogP contribution >= 0.6 is 0 Å². The lowest BCUT2D eigenvalue weighted by Gasteiger charge is -2.05. The van der Waals surface area contributed by atoms with Gasteiger partial charge in [-0.1, -0.05) is 12.1 Å². The Morgan fingerprint density at radius 1 is 1.25 bits per heavy atom. The zero-order valence-corrected chi connectivity index (χ0v) is 13.1. The van der Waals surface area contributed by atoms with Crippen molar-refractivity contribution in [2.75, 3.05) is 6.61 Å². The number of aromatic amines is 1. The number of fused-ring (bicyclic) bond motifs is 1. The lowest BCUT2D eigenvalue weighted by Crippen LogP contribution is -2.13. The fourth-order valence-electron chi connectivity index (χ4n) is 2.41. The zero-order chi connectivity index (χ0) is 16.8. The zero-order valence-electron chi connectivity index (χ0n) is 13.1. The summed E-state index contributed by atoms with van der Waals surface area (Å²) in [7, 11) is 0. The third-order valence-electron chi connectivity index (χ3n) is 3.60. The van der Waals surface area contributed by atoms with Crippen LogP contribution in [-0.4, -0.2) is 32.3 Å². The van der Waals surface area contributed by atoms with Crippen molar-refractivity contribution in [2.24, 2.45) is 0 Å². The van der Waals surface area contributed by atoms with Crippen LogP contribution in [-0.2, 0) is 22.5 Å². The third kappa shape index (κ3) is 4.07. The molecule has 0 aliphatic carbocycles. The third-order valence-corrected chi connectivity index (χ3v) is 3.60. The number of hydrogen-bond acceptors (Lipinski definition) is 5. The van der Waals surface area contributed by atoms with Crippen molar-refractivity contribution in [2.45, 2.75) is 25.8 Å². The van der Waals surface area contributed by atoms with Gasteiger partial charge < -0.3 is 9.72 Å². The summed E-state index contributed by atoms with van der Waals surface area (Å²) in [4.78, 5) is 30.8. The van der Waals surface area contributed by atoms with Crippen LogP contribution in [0.4, 0.5) is 0 Å². The van der Waals surface area contributed by atoms with Gasteiger partial charge in [0, 0.05) is 25.2 Å². The van der Waals surface area contributed by atoms with E-state index in [1.807, 2.05) is 18.3 Å². The van der Waals surface area contributed by atoms with Gasteiger partial charge in [-0.25, -0.2) is 4.98 Å². The van der Waals surface area contributed by atoms with Crippen LogP contribution in [0, 0.1) is 0 Å². The number of carbonyl (C=O) groups is 1. The average Bonchev–Trinajstić information content (AvgIpc) is 3.08. The Morgan fingerprint density at radius 2 is 2.12 bits per heavy atom. The predicted octanol–water partition coefficient (Wildman–Crippen LogP) is 1.69. The van der Waals surface area contributed by atoms with E-state index in [1.165, 1.54) is 0 Å². The molecular formula is C17H18N4O3. The second-order valence-corrected chi connectivity index (χ2v) is 5.37. The molecule has 0 fully saturated rings. The maximum atomic E-state index is 12.0. The van der Waals surface area contributed by atoms with Crippen LogP contribution < -0.4 is 5.56 Å². The predicted molar refractivity (Wildman–Crippen MR) is 88.5 cm³/mol. The van der Waals surface area contributed by atoms with Crippen LogP contribution in [0.15, 0.2) is 47.5 Å². The molecule has 0 saturated carbocycles. The number of aromatic nitrogens is 4. The lowest BCUT2D eigenvalue weighted by molar-refractivity contribution is -0.144. The van der Waals surface area contributed by atoms with Crippen LogP contribution in [0.1, 0.15) is 18.7 Å². The second kappa shape index (κ2) is 7.54. The molecule has 0 unspecified atom stereocenters. The second-order valence-electron chi connectivity index (χ2n) is 5.37. The SMILES string of the molecule is O=C(CCCc1nc2ccccc2c(=O)[nH]1)OCCn1cccn1. The molecule has 0 aliphatic heterocycles. The standard InChI is InChI=1S/C17H18N4O3/c22-16(24-12-11-21-10-4-9-18-21)8-3-7-15-19-14-6-2-1-5-13(14)17(23)20-15/h1-2,4-6,9-10H,3,7-8,11-12H2,(H,19,20,23). The van der Waals surface area contributed by atoms with E-state index in [9.17, 15) is 9.59 Å². The Kier molecular flexibility index (Phi) is 5.00. The molecule has 24 heavy (non-hydrogen) atoms. The smallest absolute Gasteiger partial charge is 0.305 e. The van der Waals surface area contributed by atoms with Crippen molar-refractivity contribution in [3.63, 3.8) is 0 Å². The average molecular weight is 326 g/mol. The van der Waals surface area contributed by atoms with Crippen molar-refractivity contribution in [1.29, 1.82) is 0 Å². The molecule has 0 bridgehead atoms. The number of carbonyl (C=O) groups excluding carboxylic acids is 1. The highest BCUT2D eigenvalue weighted by Gasteiger charge is 2.06. The molecule has 0 spiro atoms. The van der Waals surface area contributed by atoms with Crippen LogP contribution in [0.2, 0.25) is 0 Å². The molecule has 1 aromatic carbocycles. The number of para-hydroxylation sites is 1. The van der Waals surface area contributed by atoms with Gasteiger partial charge in [-0.15, -0.1) is 0 Å². The molecule has 0 radical (unpaired) electrons. The van der Waals surface area contributed by atoms with Crippen molar-refractivity contribution in [3.05, 3.63) is 58.9 Å². The number of esters is 1. The summed E-state index contributed by atoms with van der Waals surface area (Å²) in [6.07, 6.45) is 4.88. The van der Waals surface area contributed by atoms with E-state index in [1.54, 1.807) is 29.1 Å². The Labute approximate surface area is 138 Å². The summed E-state index contributed by atoms with van der Waals surface area (Å²) in [5.41, 5.74) is 0.510. The molecule has 1 N–H and O–H groups in total. The fourth-order valence-corrected chi connectivity index (χ4v) is 2.41. The normalized spacial score (nSPS) is 10.8. The van der Waals surface area contributed by atoms with Crippen LogP contribution in [0.5, 0.6) is 0 Å². The molecular weight excluding hydrogens is 308 g/mol. The van der Waals surface area contributed by atoms with Gasteiger partial charge in [-0.3, -0.25) is 14.3 Å². The van der Waals surface area contributed by atoms with Gasteiger partial charge >= 0.3 is 5.97 Å². The Balaban J connectivity index is 1.46. The summed E-state index contributed by atoms with van der Waals surface area (Å²) < 4.78 is 6.86. The minimum absolute atomic E-state index is 0.155. The topological polar surface area (TPSA) is 89.9 Å². The van der Waals surface area contributed by atoms with Gasteiger partial charge in [0.05, 0.1) is 17.4 Å². The summed E-state index contributed by atoms with van der Waals surface area (Å²) in [5.74, 6) is 0.327. The Bertz CT molecular complexity index is 871. The molecule has 0 aliphatic rings. The molecule has 7 heteroatoms. The van der Waals surface area contributed by atoms with Crippen molar-refractivity contribution < 1.29 is 9.53 Å². The molecule has 124 valence electrons. The highest BCUT2D eigenvalue weighted by Crippen LogP contribution is 2.07. The lowest BCUT2D eigenvalue weighted by atomic mass is 10.2. The first-order valence-corrected chi connectivity index (χ1v) is 7.83. The van der Waals surface area contributed by atoms with Crippen molar-refractivity contribution in [1.82, 2.24) is 19.7 Å². The summed E-state index contributed by atoms with van der Waals surface area (Å²) in [5, 5.41) is 4.60. The molecule has 3 aromatic rings. The fraction of sp³-hybridized carbons (Fsp3) is 0.294. The van der Waals surface area contributed by atoms with Crippen molar-refractivity contribution in [3.8, 4) is 0 Å². The van der Waals surface area contributed by atoms with E-state index in [4.69, 9.17) is 4.74 Å². The number of aryl methyl sites for hydroxylation is 1. The highest BCUT2D eigenvalue weighted by atomic mass is 16.5. The molecule has 0 atom stereocenters. The number of hydrogen-bond donors (Lipinski definition) is 1. The number of rotatable bonds is 7. The summed E-state index contributed by atoms with van der Waals surface area (Å²) in [6, 6.07) is 9.01. The van der Waals surface area contributed by atoms with E-state index in [-0.39, 0.29) is 17.9 Å². The molecule has 0 saturated heterocycles. The van der Waals surface area contributed by atoms with Crippen LogP contribution in [0.3, 0.4) is 0 Å². The van der Waals surface area contributed by atoms with Gasteiger partial charge in [0.2, 0.25) is 0 Å². The first-order valence-electron chi connectivity index (χ1n) is 7.83. The highest BCUT2D eigenvalue weighted by molar-refractivity contribution is 5.77. The summed E-state index contributed by atoms with van der Waals surface area (Å²) in [6.45, 7) is 0.837. The van der Waals surface area contributed by atoms with E-state index < -0.39 is 0 Å². The van der Waals surface area contributed by atoms with Gasteiger partial charge in [0.25, 0.3) is 5.56 Å². The monoisotopic (exact) mass is 326 g/mol. The molecule has 0 amide bonds. The van der Waals surface area contributed by atoms with E-state index in [0.717, 1.165) is 0 Å². The minimum Gasteiger partial charge on any atom is -0.464 e. The van der Waals surface area contributed by atoms with Gasteiger partial charge in [0.1, 0.15) is 12.4 Å². The molecule has 2 aromatic heterocycles. The van der Waals surface area contributed by atoms with E-state index in [2.05, 4.69) is 15.1 Å². The maximum absolute atomic E-state index is 12.0. The molecule has 3 rings (SSSR count). The number of ether oxygens (including phenoxy) is 1. The van der Waals surface area contributed by atoms with Gasteiger partial charge in [0.15, 0.2) is 0 Å². The van der Waals surface area contributed by atoms with Gasteiger partial charge in [-0.2, -0.15) is 5.10 Å². The van der Waals surface area contributed by atoms with Gasteiger partial charge in [-0.05, 0) is 24.6 Å². The van der Waals surface area contributed by atoms with E-state index >= 15 is 0 Å². The van der Waals surface area contributed by atoms with Crippen LogP contribution in [0.25, 0.3) is 10.9 Å². The largest absolute Gasteiger partial charge is 0.464 e. The number of nitrogens with one attached hydrogen (secondary N) is 1. The number of benzene rings is 1.